The first-order valence-electron chi connectivity index (χ1n) is 10.7. The van der Waals surface area contributed by atoms with E-state index in [-0.39, 0.29) is 17.9 Å². The fraction of sp³-hybridized carbons (Fsp3) is 0.320. The van der Waals surface area contributed by atoms with E-state index in [0.29, 0.717) is 0 Å². The third-order valence-electron chi connectivity index (χ3n) is 5.80. The molecule has 1 saturated heterocycles. The summed E-state index contributed by atoms with van der Waals surface area (Å²) in [5.74, 6) is 0.965. The van der Waals surface area contributed by atoms with E-state index >= 15 is 0 Å². The molecule has 1 unspecified atom stereocenters. The number of likely N-dealkylation sites (tertiary alicyclic amines) is 1. The van der Waals surface area contributed by atoms with Gasteiger partial charge in [-0.3, -0.25) is 19.7 Å². The Balaban J connectivity index is 1.37. The molecule has 3 aromatic rings. The number of carbonyl (C=O) groups is 1. The molecule has 0 saturated carbocycles. The van der Waals surface area contributed by atoms with Crippen LogP contribution in [0.25, 0.3) is 0 Å². The Labute approximate surface area is 183 Å². The minimum absolute atomic E-state index is 0.00411. The number of piperidine rings is 1. The van der Waals surface area contributed by atoms with Crippen LogP contribution in [-0.2, 0) is 11.3 Å². The Kier molecular flexibility index (Phi) is 6.89. The number of aromatic nitrogens is 2. The topological polar surface area (TPSA) is 67.3 Å². The Morgan fingerprint density at radius 2 is 1.94 bits per heavy atom. The average molecular weight is 417 g/mol. The summed E-state index contributed by atoms with van der Waals surface area (Å²) < 4.78 is 5.32. The van der Waals surface area contributed by atoms with Crippen molar-refractivity contribution in [2.24, 2.45) is 5.92 Å². The number of rotatable bonds is 7. The van der Waals surface area contributed by atoms with Gasteiger partial charge in [-0.05, 0) is 49.2 Å². The van der Waals surface area contributed by atoms with Crippen LogP contribution in [0, 0.1) is 5.92 Å². The second-order valence-electron chi connectivity index (χ2n) is 7.88. The lowest BCUT2D eigenvalue weighted by Gasteiger charge is -2.32. The summed E-state index contributed by atoms with van der Waals surface area (Å²) in [4.78, 5) is 24.1. The van der Waals surface area contributed by atoms with Gasteiger partial charge in [-0.1, -0.05) is 42.5 Å². The summed E-state index contributed by atoms with van der Waals surface area (Å²) in [5.41, 5.74) is 2.98. The van der Waals surface area contributed by atoms with E-state index in [1.165, 1.54) is 5.56 Å². The van der Waals surface area contributed by atoms with Crippen LogP contribution in [0.4, 0.5) is 0 Å². The first-order valence-corrected chi connectivity index (χ1v) is 10.7. The molecule has 1 aliphatic rings. The standard InChI is InChI=1S/C25H28N4O2/c1-31-22-9-5-6-19(16-22)18-29-14-10-21(11-15-29)25(30)28-24(20-7-3-2-4-8-20)23-17-26-12-13-27-23/h2-9,12-13,16-17,21,24H,10-11,14-15,18H2,1H3,(H,28,30). The summed E-state index contributed by atoms with van der Waals surface area (Å²) in [5, 5.41) is 3.22. The highest BCUT2D eigenvalue weighted by molar-refractivity contribution is 5.79. The lowest BCUT2D eigenvalue weighted by Crippen LogP contribution is -2.41. The number of methoxy groups -OCH3 is 1. The Hall–Kier alpha value is -3.25. The van der Waals surface area contributed by atoms with Crippen LogP contribution in [0.5, 0.6) is 5.75 Å². The quantitative estimate of drug-likeness (QED) is 0.637. The molecule has 1 aliphatic heterocycles. The molecule has 0 spiro atoms. The summed E-state index contributed by atoms with van der Waals surface area (Å²) in [6.07, 6.45) is 6.71. The smallest absolute Gasteiger partial charge is 0.224 e. The number of amides is 1. The van der Waals surface area contributed by atoms with Crippen molar-refractivity contribution in [3.05, 3.63) is 90.0 Å². The van der Waals surface area contributed by atoms with Crippen molar-refractivity contribution in [1.82, 2.24) is 20.2 Å². The van der Waals surface area contributed by atoms with E-state index in [2.05, 4.69) is 32.3 Å². The molecular formula is C25H28N4O2. The van der Waals surface area contributed by atoms with Crippen molar-refractivity contribution in [2.75, 3.05) is 20.2 Å². The molecule has 2 aromatic carbocycles. The van der Waals surface area contributed by atoms with E-state index in [0.717, 1.165) is 49.5 Å². The predicted octanol–water partition coefficient (Wildman–Crippen LogP) is 3.60. The zero-order chi connectivity index (χ0) is 21.5. The largest absolute Gasteiger partial charge is 0.497 e. The first kappa shape index (κ1) is 21.0. The van der Waals surface area contributed by atoms with Gasteiger partial charge >= 0.3 is 0 Å². The third-order valence-corrected chi connectivity index (χ3v) is 5.80. The SMILES string of the molecule is COc1cccc(CN2CCC(C(=O)NC(c3ccccc3)c3cnccn3)CC2)c1. The van der Waals surface area contributed by atoms with Crippen LogP contribution >= 0.6 is 0 Å². The van der Waals surface area contributed by atoms with E-state index in [1.807, 2.05) is 42.5 Å². The number of benzene rings is 2. The third kappa shape index (κ3) is 5.47. The fourth-order valence-corrected chi connectivity index (χ4v) is 4.08. The van der Waals surface area contributed by atoms with Crippen molar-refractivity contribution >= 4 is 5.91 Å². The van der Waals surface area contributed by atoms with Gasteiger partial charge in [-0.2, -0.15) is 0 Å². The minimum atomic E-state index is -0.294. The van der Waals surface area contributed by atoms with Crippen LogP contribution in [0.1, 0.15) is 35.7 Å². The number of hydrogen-bond donors (Lipinski definition) is 1. The number of nitrogens with zero attached hydrogens (tertiary/aromatic N) is 3. The van der Waals surface area contributed by atoms with Gasteiger partial charge in [0.2, 0.25) is 5.91 Å². The molecule has 0 aliphatic carbocycles. The number of nitrogens with one attached hydrogen (secondary N) is 1. The Morgan fingerprint density at radius 1 is 1.13 bits per heavy atom. The second kappa shape index (κ2) is 10.2. The minimum Gasteiger partial charge on any atom is -0.497 e. The van der Waals surface area contributed by atoms with E-state index < -0.39 is 0 Å². The molecule has 6 nitrogen and oxygen atoms in total. The lowest BCUT2D eigenvalue weighted by atomic mass is 9.94. The van der Waals surface area contributed by atoms with Crippen molar-refractivity contribution in [3.8, 4) is 5.75 Å². The maximum atomic E-state index is 13.1. The molecule has 0 bridgehead atoms. The Morgan fingerprint density at radius 3 is 2.65 bits per heavy atom. The molecule has 6 heteroatoms. The van der Waals surface area contributed by atoms with Crippen molar-refractivity contribution < 1.29 is 9.53 Å². The monoisotopic (exact) mass is 416 g/mol. The Bertz CT molecular complexity index is 934. The summed E-state index contributed by atoms with van der Waals surface area (Å²) in [6, 6.07) is 17.8. The maximum Gasteiger partial charge on any atom is 0.224 e. The maximum absolute atomic E-state index is 13.1. The molecule has 1 aromatic heterocycles. The molecule has 1 fully saturated rings. The van der Waals surface area contributed by atoms with Crippen molar-refractivity contribution in [1.29, 1.82) is 0 Å². The highest BCUT2D eigenvalue weighted by Gasteiger charge is 2.28. The van der Waals surface area contributed by atoms with Gasteiger partial charge in [-0.15, -0.1) is 0 Å². The molecule has 2 heterocycles. The summed E-state index contributed by atoms with van der Waals surface area (Å²) in [7, 11) is 1.69. The first-order chi connectivity index (χ1) is 15.2. The highest BCUT2D eigenvalue weighted by Crippen LogP contribution is 2.24. The van der Waals surface area contributed by atoms with Crippen LogP contribution in [0.15, 0.2) is 73.2 Å². The highest BCUT2D eigenvalue weighted by atomic mass is 16.5. The number of hydrogen-bond acceptors (Lipinski definition) is 5. The van der Waals surface area contributed by atoms with Gasteiger partial charge in [0.1, 0.15) is 5.75 Å². The van der Waals surface area contributed by atoms with Gasteiger partial charge in [0.05, 0.1) is 25.0 Å². The van der Waals surface area contributed by atoms with Crippen LogP contribution in [-0.4, -0.2) is 41.0 Å². The molecule has 1 atom stereocenters. The van der Waals surface area contributed by atoms with Gasteiger partial charge in [0.15, 0.2) is 0 Å². The molecule has 4 rings (SSSR count). The van der Waals surface area contributed by atoms with E-state index in [4.69, 9.17) is 4.74 Å². The summed E-state index contributed by atoms with van der Waals surface area (Å²) in [6.45, 7) is 2.67. The van der Waals surface area contributed by atoms with Gasteiger partial charge in [-0.25, -0.2) is 0 Å². The van der Waals surface area contributed by atoms with Crippen LogP contribution in [0.2, 0.25) is 0 Å². The normalized spacial score (nSPS) is 15.9. The number of ether oxygens (including phenoxy) is 1. The van der Waals surface area contributed by atoms with Gasteiger partial charge in [0, 0.05) is 24.9 Å². The molecular weight excluding hydrogens is 388 g/mol. The zero-order valence-corrected chi connectivity index (χ0v) is 17.8. The molecule has 0 radical (unpaired) electrons. The molecule has 1 N–H and O–H groups in total. The van der Waals surface area contributed by atoms with Crippen LogP contribution < -0.4 is 10.1 Å². The molecule has 160 valence electrons. The zero-order valence-electron chi connectivity index (χ0n) is 17.8. The van der Waals surface area contributed by atoms with Gasteiger partial charge in [0.25, 0.3) is 0 Å². The second-order valence-corrected chi connectivity index (χ2v) is 7.88. The lowest BCUT2D eigenvalue weighted by molar-refractivity contribution is -0.127. The number of carbonyl (C=O) groups excluding carboxylic acids is 1. The summed E-state index contributed by atoms with van der Waals surface area (Å²) >= 11 is 0. The molecule has 1 amide bonds. The van der Waals surface area contributed by atoms with Crippen molar-refractivity contribution in [3.63, 3.8) is 0 Å². The van der Waals surface area contributed by atoms with Crippen LogP contribution in [0.3, 0.4) is 0 Å². The van der Waals surface area contributed by atoms with E-state index in [1.54, 1.807) is 25.7 Å². The van der Waals surface area contributed by atoms with Crippen molar-refractivity contribution in [2.45, 2.75) is 25.4 Å². The predicted molar refractivity (Wildman–Crippen MR) is 119 cm³/mol. The molecule has 31 heavy (non-hydrogen) atoms. The average Bonchev–Trinajstić information content (AvgIpc) is 2.84. The van der Waals surface area contributed by atoms with E-state index in [9.17, 15) is 4.79 Å². The fourth-order valence-electron chi connectivity index (χ4n) is 4.08. The van der Waals surface area contributed by atoms with Gasteiger partial charge < -0.3 is 10.1 Å².